The normalized spacial score (nSPS) is 11.0. The van der Waals surface area contributed by atoms with Crippen LogP contribution in [0.5, 0.6) is 11.5 Å². The first-order valence-electron chi connectivity index (χ1n) is 10.1. The lowest BCUT2D eigenvalue weighted by Gasteiger charge is -2.09. The van der Waals surface area contributed by atoms with Gasteiger partial charge in [-0.3, -0.25) is 10.1 Å². The van der Waals surface area contributed by atoms with E-state index in [0.717, 1.165) is 16.9 Å². The highest BCUT2D eigenvalue weighted by molar-refractivity contribution is 7.80. The van der Waals surface area contributed by atoms with Gasteiger partial charge in [0.25, 0.3) is 0 Å². The number of hydrogen-bond donors (Lipinski definition) is 3. The van der Waals surface area contributed by atoms with E-state index < -0.39 is 0 Å². The molecule has 0 unspecified atom stereocenters. The molecule has 0 aliphatic carbocycles. The molecule has 1 amide bonds. The molecule has 0 spiro atoms. The number of rotatable bonds is 5. The van der Waals surface area contributed by atoms with Crippen LogP contribution in [0.25, 0.3) is 28.6 Å². The molecule has 3 aromatic carbocycles. The second-order valence-electron chi connectivity index (χ2n) is 7.27. The van der Waals surface area contributed by atoms with Gasteiger partial charge in [0.1, 0.15) is 17.0 Å². The van der Waals surface area contributed by atoms with Crippen molar-refractivity contribution in [2.45, 2.75) is 6.92 Å². The Bertz CT molecular complexity index is 1360. The highest BCUT2D eigenvalue weighted by Crippen LogP contribution is 2.33. The van der Waals surface area contributed by atoms with Crippen molar-refractivity contribution >= 4 is 46.1 Å². The number of oxazole rings is 1. The maximum Gasteiger partial charge on any atom is 0.250 e. The van der Waals surface area contributed by atoms with Crippen LogP contribution in [0.1, 0.15) is 11.1 Å². The monoisotopic (exact) mass is 459 g/mol. The van der Waals surface area contributed by atoms with Gasteiger partial charge in [0.05, 0.1) is 12.7 Å². The predicted molar refractivity (Wildman–Crippen MR) is 132 cm³/mol. The average molecular weight is 460 g/mol. The molecule has 166 valence electrons. The molecule has 7 nitrogen and oxygen atoms in total. The van der Waals surface area contributed by atoms with Crippen LogP contribution in [0.2, 0.25) is 0 Å². The fourth-order valence-corrected chi connectivity index (χ4v) is 3.36. The first-order chi connectivity index (χ1) is 15.9. The molecular formula is C25H21N3O4S. The van der Waals surface area contributed by atoms with Crippen molar-refractivity contribution in [2.75, 3.05) is 12.4 Å². The van der Waals surface area contributed by atoms with Gasteiger partial charge in [-0.2, -0.15) is 0 Å². The molecular weight excluding hydrogens is 438 g/mol. The summed E-state index contributed by atoms with van der Waals surface area (Å²) in [5, 5.41) is 16.0. The molecule has 0 atom stereocenters. The molecule has 33 heavy (non-hydrogen) atoms. The van der Waals surface area contributed by atoms with E-state index in [1.165, 1.54) is 12.1 Å². The number of phenolic OH excluding ortho intramolecular Hbond substituents is 1. The summed E-state index contributed by atoms with van der Waals surface area (Å²) in [6.45, 7) is 1.97. The van der Waals surface area contributed by atoms with E-state index in [0.29, 0.717) is 28.2 Å². The number of thiocarbonyl (C=S) groups is 1. The molecule has 4 rings (SSSR count). The third-order valence-electron chi connectivity index (χ3n) is 4.81. The molecule has 1 heterocycles. The molecule has 1 aromatic heterocycles. The fraction of sp³-hybridized carbons (Fsp3) is 0.0800. The van der Waals surface area contributed by atoms with Crippen molar-refractivity contribution in [3.8, 4) is 23.0 Å². The molecule has 3 N–H and O–H groups in total. The second kappa shape index (κ2) is 9.54. The molecule has 0 aliphatic heterocycles. The highest BCUT2D eigenvalue weighted by atomic mass is 32.1. The zero-order chi connectivity index (χ0) is 23.4. The molecule has 0 saturated carbocycles. The number of phenols is 1. The van der Waals surface area contributed by atoms with Gasteiger partial charge in [0.2, 0.25) is 11.8 Å². The smallest absolute Gasteiger partial charge is 0.250 e. The predicted octanol–water partition coefficient (Wildman–Crippen LogP) is 5.04. The zero-order valence-corrected chi connectivity index (χ0v) is 18.8. The van der Waals surface area contributed by atoms with Crippen LogP contribution in [0.15, 0.2) is 71.2 Å². The van der Waals surface area contributed by atoms with Crippen LogP contribution >= 0.6 is 12.2 Å². The third-order valence-corrected chi connectivity index (χ3v) is 5.01. The van der Waals surface area contributed by atoms with Gasteiger partial charge in [-0.05, 0) is 72.7 Å². The maximum absolute atomic E-state index is 12.1. The van der Waals surface area contributed by atoms with Crippen LogP contribution in [0, 0.1) is 6.92 Å². The third kappa shape index (κ3) is 5.36. The molecule has 0 radical (unpaired) electrons. The SMILES string of the molecule is COc1ccc(/C=C/C(=O)NC(=S)Nc2ccc(-c3nc4ccc(C)cc4o3)c(O)c2)cc1. The number of aromatic hydroxyl groups is 1. The van der Waals surface area contributed by atoms with Crippen LogP contribution in [-0.4, -0.2) is 28.2 Å². The quantitative estimate of drug-likeness (QED) is 0.284. The largest absolute Gasteiger partial charge is 0.507 e. The van der Waals surface area contributed by atoms with Crippen molar-refractivity contribution in [3.63, 3.8) is 0 Å². The van der Waals surface area contributed by atoms with Crippen molar-refractivity contribution in [1.82, 2.24) is 10.3 Å². The minimum absolute atomic E-state index is 0.0307. The van der Waals surface area contributed by atoms with Gasteiger partial charge in [-0.25, -0.2) is 4.98 Å². The summed E-state index contributed by atoms with van der Waals surface area (Å²) < 4.78 is 10.9. The van der Waals surface area contributed by atoms with Crippen molar-refractivity contribution in [3.05, 3.63) is 77.9 Å². The molecule has 4 aromatic rings. The number of fused-ring (bicyclic) bond motifs is 1. The first-order valence-corrected chi connectivity index (χ1v) is 10.5. The standard InChI is InChI=1S/C25H21N3O4S/c1-15-3-11-20-22(13-15)32-24(27-20)19-10-7-17(14-21(19)29)26-25(33)28-23(30)12-6-16-4-8-18(31-2)9-5-16/h3-14,29H,1-2H3,(H2,26,28,30,33)/b12-6+. The number of nitrogens with zero attached hydrogens (tertiary/aromatic N) is 1. The Morgan fingerprint density at radius 2 is 1.91 bits per heavy atom. The van der Waals surface area contributed by atoms with Gasteiger partial charge in [0.15, 0.2) is 10.7 Å². The van der Waals surface area contributed by atoms with Crippen LogP contribution in [0.3, 0.4) is 0 Å². The van der Waals surface area contributed by atoms with Crippen LogP contribution in [0.4, 0.5) is 5.69 Å². The lowest BCUT2D eigenvalue weighted by Crippen LogP contribution is -2.32. The number of carbonyl (C=O) groups excluding carboxylic acids is 1. The first kappa shape index (κ1) is 22.0. The zero-order valence-electron chi connectivity index (χ0n) is 18.0. The summed E-state index contributed by atoms with van der Waals surface area (Å²) in [6, 6.07) is 17.9. The number of carbonyl (C=O) groups is 1. The molecule has 8 heteroatoms. The fourth-order valence-electron chi connectivity index (χ4n) is 3.14. The number of aromatic nitrogens is 1. The Labute approximate surface area is 195 Å². The Hall–Kier alpha value is -4.17. The van der Waals surface area contributed by atoms with E-state index in [1.54, 1.807) is 25.3 Å². The maximum atomic E-state index is 12.1. The minimum Gasteiger partial charge on any atom is -0.507 e. The Morgan fingerprint density at radius 1 is 1.12 bits per heavy atom. The van der Waals surface area contributed by atoms with Gasteiger partial charge < -0.3 is 19.6 Å². The van der Waals surface area contributed by atoms with Crippen LogP contribution < -0.4 is 15.4 Å². The lowest BCUT2D eigenvalue weighted by molar-refractivity contribution is -0.115. The number of amides is 1. The number of hydrogen-bond acceptors (Lipinski definition) is 6. The number of nitrogens with one attached hydrogen (secondary N) is 2. The molecule has 0 fully saturated rings. The van der Waals surface area contributed by atoms with Crippen molar-refractivity contribution in [1.29, 1.82) is 0 Å². The summed E-state index contributed by atoms with van der Waals surface area (Å²) in [6.07, 6.45) is 3.05. The summed E-state index contributed by atoms with van der Waals surface area (Å²) in [4.78, 5) is 16.6. The van der Waals surface area contributed by atoms with Crippen LogP contribution in [-0.2, 0) is 4.79 Å². The van der Waals surface area contributed by atoms with Gasteiger partial charge in [0, 0.05) is 17.8 Å². The molecule has 0 saturated heterocycles. The summed E-state index contributed by atoms with van der Waals surface area (Å²) in [5.74, 6) is 0.643. The van der Waals surface area contributed by atoms with Crippen molar-refractivity contribution in [2.24, 2.45) is 0 Å². The Kier molecular flexibility index (Phi) is 6.37. The van der Waals surface area contributed by atoms with E-state index in [4.69, 9.17) is 21.4 Å². The summed E-state index contributed by atoms with van der Waals surface area (Å²) in [7, 11) is 1.59. The minimum atomic E-state index is -0.383. The average Bonchev–Trinajstić information content (AvgIpc) is 3.20. The Morgan fingerprint density at radius 3 is 2.64 bits per heavy atom. The Balaban J connectivity index is 1.39. The van der Waals surface area contributed by atoms with Gasteiger partial charge in [-0.1, -0.05) is 18.2 Å². The molecule has 0 bridgehead atoms. The topological polar surface area (TPSA) is 96.6 Å². The van der Waals surface area contributed by atoms with E-state index in [9.17, 15) is 9.90 Å². The van der Waals surface area contributed by atoms with E-state index >= 15 is 0 Å². The number of benzene rings is 3. The highest BCUT2D eigenvalue weighted by Gasteiger charge is 2.13. The summed E-state index contributed by atoms with van der Waals surface area (Å²) >= 11 is 5.20. The number of aryl methyl sites for hydroxylation is 1. The lowest BCUT2D eigenvalue weighted by atomic mass is 10.2. The van der Waals surface area contributed by atoms with Gasteiger partial charge in [-0.15, -0.1) is 0 Å². The van der Waals surface area contributed by atoms with E-state index in [-0.39, 0.29) is 16.8 Å². The van der Waals surface area contributed by atoms with E-state index in [2.05, 4.69) is 15.6 Å². The number of methoxy groups -OCH3 is 1. The van der Waals surface area contributed by atoms with Gasteiger partial charge >= 0.3 is 0 Å². The second-order valence-corrected chi connectivity index (χ2v) is 7.68. The number of anilines is 1. The number of ether oxygens (including phenoxy) is 1. The van der Waals surface area contributed by atoms with E-state index in [1.807, 2.05) is 49.4 Å². The summed E-state index contributed by atoms with van der Waals surface area (Å²) in [5.41, 5.74) is 4.23. The van der Waals surface area contributed by atoms with Crippen molar-refractivity contribution < 1.29 is 19.1 Å². The molecule has 0 aliphatic rings.